The molecule has 0 radical (unpaired) electrons. The number of nitro groups is 1. The quantitative estimate of drug-likeness (QED) is 0.386. The molecule has 21 heavy (non-hydrogen) atoms. The van der Waals surface area contributed by atoms with E-state index in [1.54, 1.807) is 6.07 Å². The van der Waals surface area contributed by atoms with Crippen molar-refractivity contribution in [2.45, 2.75) is 0 Å². The van der Waals surface area contributed by atoms with Gasteiger partial charge in [0.25, 0.3) is 5.69 Å². The maximum atomic E-state index is 10.7. The number of benzene rings is 1. The van der Waals surface area contributed by atoms with Crippen LogP contribution in [0, 0.1) is 15.5 Å². The van der Waals surface area contributed by atoms with Gasteiger partial charge in [-0.25, -0.2) is 4.98 Å². The van der Waals surface area contributed by atoms with E-state index in [1.807, 2.05) is 0 Å². The number of nitrogen functional groups attached to an aromatic ring is 1. The van der Waals surface area contributed by atoms with E-state index in [1.165, 1.54) is 12.3 Å². The van der Waals surface area contributed by atoms with Crippen LogP contribution in [0.5, 0.6) is 11.5 Å². The van der Waals surface area contributed by atoms with E-state index in [9.17, 15) is 10.1 Å². The number of amidine groups is 1. The normalized spacial score (nSPS) is 10.2. The number of rotatable bonds is 4. The van der Waals surface area contributed by atoms with Gasteiger partial charge in [0, 0.05) is 18.3 Å². The van der Waals surface area contributed by atoms with Gasteiger partial charge in [0.2, 0.25) is 0 Å². The van der Waals surface area contributed by atoms with Crippen LogP contribution in [-0.4, -0.2) is 15.7 Å². The van der Waals surface area contributed by atoms with E-state index >= 15 is 0 Å². The fourth-order valence-electron chi connectivity index (χ4n) is 1.53. The predicted octanol–water partition coefficient (Wildman–Crippen LogP) is 3.37. The molecule has 0 aliphatic rings. The summed E-state index contributed by atoms with van der Waals surface area (Å²) in [6, 6.07) is 5.34. The van der Waals surface area contributed by atoms with Gasteiger partial charge < -0.3 is 10.5 Å². The lowest BCUT2D eigenvalue weighted by Crippen LogP contribution is -2.14. The van der Waals surface area contributed by atoms with Crippen LogP contribution in [-0.2, 0) is 0 Å². The van der Waals surface area contributed by atoms with Crippen molar-refractivity contribution < 1.29 is 9.66 Å². The standard InChI is InChI=1S/C12H8Cl2N4O3/c13-7-4-6(18(19)20)5-8(14)11(7)21-9-2-1-3-17-10(9)12(15)16/h1-5H,(H3,15,16). The lowest BCUT2D eigenvalue weighted by Gasteiger charge is -2.11. The van der Waals surface area contributed by atoms with Crippen LogP contribution in [0.15, 0.2) is 30.5 Å². The van der Waals surface area contributed by atoms with Crippen molar-refractivity contribution in [3.05, 3.63) is 56.3 Å². The zero-order valence-corrected chi connectivity index (χ0v) is 11.9. The minimum absolute atomic E-state index is 0.0273. The van der Waals surface area contributed by atoms with Crippen LogP contribution in [0.2, 0.25) is 10.0 Å². The summed E-state index contributed by atoms with van der Waals surface area (Å²) in [6.45, 7) is 0. The molecule has 0 amide bonds. The highest BCUT2D eigenvalue weighted by molar-refractivity contribution is 6.37. The Morgan fingerprint density at radius 2 is 2.00 bits per heavy atom. The van der Waals surface area contributed by atoms with Crippen LogP contribution < -0.4 is 10.5 Å². The molecule has 3 N–H and O–H groups in total. The van der Waals surface area contributed by atoms with Crippen LogP contribution in [0.1, 0.15) is 5.69 Å². The Kier molecular flexibility index (Phi) is 4.25. The van der Waals surface area contributed by atoms with Crippen molar-refractivity contribution in [1.29, 1.82) is 5.41 Å². The van der Waals surface area contributed by atoms with Gasteiger partial charge in [-0.15, -0.1) is 0 Å². The molecule has 1 heterocycles. The summed E-state index contributed by atoms with van der Waals surface area (Å²) in [5.74, 6) is -0.0955. The molecular weight excluding hydrogens is 319 g/mol. The second kappa shape index (κ2) is 5.94. The number of hydrogen-bond acceptors (Lipinski definition) is 5. The smallest absolute Gasteiger partial charge is 0.272 e. The second-order valence-electron chi connectivity index (χ2n) is 3.86. The number of nitrogens with zero attached hydrogens (tertiary/aromatic N) is 2. The highest BCUT2D eigenvalue weighted by Crippen LogP contribution is 2.39. The molecule has 0 spiro atoms. The van der Waals surface area contributed by atoms with Gasteiger partial charge >= 0.3 is 0 Å². The van der Waals surface area contributed by atoms with Crippen LogP contribution in [0.3, 0.4) is 0 Å². The molecule has 0 saturated heterocycles. The van der Waals surface area contributed by atoms with Crippen molar-refractivity contribution in [1.82, 2.24) is 4.98 Å². The molecule has 7 nitrogen and oxygen atoms in total. The van der Waals surface area contributed by atoms with Gasteiger partial charge in [-0.2, -0.15) is 0 Å². The van der Waals surface area contributed by atoms with Crippen molar-refractivity contribution in [2.24, 2.45) is 5.73 Å². The molecular formula is C12H8Cl2N4O3. The summed E-state index contributed by atoms with van der Waals surface area (Å²) in [4.78, 5) is 14.0. The molecule has 9 heteroatoms. The summed E-state index contributed by atoms with van der Waals surface area (Å²) in [5, 5.41) is 18.1. The first-order chi connectivity index (χ1) is 9.90. The minimum atomic E-state index is -0.618. The highest BCUT2D eigenvalue weighted by atomic mass is 35.5. The Balaban J connectivity index is 2.46. The number of nitrogens with one attached hydrogen (secondary N) is 1. The number of nitrogens with two attached hydrogens (primary N) is 1. The maximum Gasteiger partial charge on any atom is 0.272 e. The van der Waals surface area contributed by atoms with Crippen LogP contribution >= 0.6 is 23.2 Å². The molecule has 0 aliphatic heterocycles. The molecule has 0 bridgehead atoms. The Labute approximate surface area is 128 Å². The van der Waals surface area contributed by atoms with Crippen molar-refractivity contribution in [3.63, 3.8) is 0 Å². The fraction of sp³-hybridized carbons (Fsp3) is 0. The number of hydrogen-bond donors (Lipinski definition) is 2. The number of pyridine rings is 1. The molecule has 2 aromatic rings. The summed E-state index contributed by atoms with van der Waals surface area (Å²) in [6.07, 6.45) is 1.45. The van der Waals surface area contributed by atoms with E-state index in [2.05, 4.69) is 4.98 Å². The second-order valence-corrected chi connectivity index (χ2v) is 4.68. The summed E-state index contributed by atoms with van der Waals surface area (Å²) in [5.41, 5.74) is 5.25. The average Bonchev–Trinajstić information content (AvgIpc) is 2.42. The number of non-ortho nitro benzene ring substituents is 1. The highest BCUT2D eigenvalue weighted by Gasteiger charge is 2.18. The summed E-state index contributed by atoms with van der Waals surface area (Å²) in [7, 11) is 0. The molecule has 0 saturated carbocycles. The summed E-state index contributed by atoms with van der Waals surface area (Å²) < 4.78 is 5.50. The Morgan fingerprint density at radius 3 is 2.52 bits per heavy atom. The van der Waals surface area contributed by atoms with E-state index in [0.717, 1.165) is 12.1 Å². The third-order valence-electron chi connectivity index (χ3n) is 2.43. The van der Waals surface area contributed by atoms with E-state index < -0.39 is 4.92 Å². The zero-order valence-electron chi connectivity index (χ0n) is 10.3. The van der Waals surface area contributed by atoms with Gasteiger partial charge in [-0.3, -0.25) is 15.5 Å². The lowest BCUT2D eigenvalue weighted by molar-refractivity contribution is -0.384. The molecule has 0 fully saturated rings. The topological polar surface area (TPSA) is 115 Å². The third kappa shape index (κ3) is 3.21. The fourth-order valence-corrected chi connectivity index (χ4v) is 2.09. The molecule has 0 atom stereocenters. The summed E-state index contributed by atoms with van der Waals surface area (Å²) >= 11 is 11.9. The van der Waals surface area contributed by atoms with Gasteiger partial charge in [0.05, 0.1) is 15.0 Å². The van der Waals surface area contributed by atoms with Crippen LogP contribution in [0.4, 0.5) is 5.69 Å². The third-order valence-corrected chi connectivity index (χ3v) is 2.99. The number of aromatic nitrogens is 1. The Hall–Kier alpha value is -2.38. The van der Waals surface area contributed by atoms with E-state index in [0.29, 0.717) is 0 Å². The minimum Gasteiger partial charge on any atom is -0.452 e. The van der Waals surface area contributed by atoms with Gasteiger partial charge in [0.1, 0.15) is 11.5 Å². The van der Waals surface area contributed by atoms with E-state index in [-0.39, 0.29) is 38.8 Å². The first-order valence-electron chi connectivity index (χ1n) is 5.51. The van der Waals surface area contributed by atoms with Crippen molar-refractivity contribution in [2.75, 3.05) is 0 Å². The number of halogens is 2. The number of ether oxygens (including phenoxy) is 1. The SMILES string of the molecule is N=C(N)c1ncccc1Oc1c(Cl)cc([N+](=O)[O-])cc1Cl. The zero-order chi connectivity index (χ0) is 15.6. The number of nitro benzene ring substituents is 1. The lowest BCUT2D eigenvalue weighted by atomic mass is 10.3. The van der Waals surface area contributed by atoms with Gasteiger partial charge in [-0.05, 0) is 12.1 Å². The van der Waals surface area contributed by atoms with Crippen molar-refractivity contribution >= 4 is 34.7 Å². The van der Waals surface area contributed by atoms with Gasteiger partial charge in [0.15, 0.2) is 11.5 Å². The molecule has 1 aromatic heterocycles. The maximum absolute atomic E-state index is 10.7. The Bertz CT molecular complexity index is 713. The first kappa shape index (κ1) is 15.0. The molecule has 1 aromatic carbocycles. The largest absolute Gasteiger partial charge is 0.452 e. The Morgan fingerprint density at radius 1 is 1.38 bits per heavy atom. The molecule has 0 aliphatic carbocycles. The monoisotopic (exact) mass is 326 g/mol. The van der Waals surface area contributed by atoms with Crippen molar-refractivity contribution in [3.8, 4) is 11.5 Å². The van der Waals surface area contributed by atoms with Gasteiger partial charge in [-0.1, -0.05) is 23.2 Å². The van der Waals surface area contributed by atoms with E-state index in [4.69, 9.17) is 39.1 Å². The molecule has 2 rings (SSSR count). The molecule has 0 unspecified atom stereocenters. The van der Waals surface area contributed by atoms with Crippen LogP contribution in [0.25, 0.3) is 0 Å². The first-order valence-corrected chi connectivity index (χ1v) is 6.26. The molecule has 108 valence electrons. The predicted molar refractivity (Wildman–Crippen MR) is 78.4 cm³/mol. The average molecular weight is 327 g/mol.